The third-order valence-corrected chi connectivity index (χ3v) is 6.29. The van der Waals surface area contributed by atoms with Crippen LogP contribution >= 0.6 is 15.9 Å². The smallest absolute Gasteiger partial charge is 0.349 e. The first-order valence-electron chi connectivity index (χ1n) is 11.6. The van der Waals surface area contributed by atoms with Crippen LogP contribution in [0.3, 0.4) is 0 Å². The first kappa shape index (κ1) is 24.9. The lowest BCUT2D eigenvalue weighted by Crippen LogP contribution is -2.21. The Morgan fingerprint density at radius 2 is 1.63 bits per heavy atom. The molecule has 5 rings (SSSR count). The molecule has 0 fully saturated rings. The van der Waals surface area contributed by atoms with Crippen LogP contribution in [-0.4, -0.2) is 12.6 Å². The van der Waals surface area contributed by atoms with Gasteiger partial charge < -0.3 is 24.7 Å². The van der Waals surface area contributed by atoms with E-state index in [-0.39, 0.29) is 23.8 Å². The van der Waals surface area contributed by atoms with Crippen molar-refractivity contribution in [2.45, 2.75) is 5.92 Å². The SMILES string of the molecule is N#CC1=C(N)Oc2cc(OC(=O)COc3ccc(Br)cc3)ccc2C1c1cccc(Oc2ccccc2)c1. The van der Waals surface area contributed by atoms with Gasteiger partial charge in [0.2, 0.25) is 5.88 Å². The molecule has 0 saturated carbocycles. The normalized spacial score (nSPS) is 14.1. The Morgan fingerprint density at radius 1 is 0.895 bits per heavy atom. The molecule has 0 saturated heterocycles. The molecule has 0 spiro atoms. The highest BCUT2D eigenvalue weighted by molar-refractivity contribution is 9.10. The number of rotatable bonds is 7. The molecule has 4 aromatic rings. The van der Waals surface area contributed by atoms with Gasteiger partial charge in [-0.2, -0.15) is 5.26 Å². The molecule has 0 aliphatic carbocycles. The quantitative estimate of drug-likeness (QED) is 0.202. The summed E-state index contributed by atoms with van der Waals surface area (Å²) in [6, 6.07) is 31.2. The average molecular weight is 569 g/mol. The molecule has 0 amide bonds. The maximum atomic E-state index is 12.4. The van der Waals surface area contributed by atoms with E-state index in [0.29, 0.717) is 28.6 Å². The number of nitrogens with two attached hydrogens (primary N) is 1. The lowest BCUT2D eigenvalue weighted by molar-refractivity contribution is -0.136. The van der Waals surface area contributed by atoms with Crippen molar-refractivity contribution in [1.29, 1.82) is 5.26 Å². The van der Waals surface area contributed by atoms with Crippen molar-refractivity contribution < 1.29 is 23.7 Å². The molecule has 7 nitrogen and oxygen atoms in total. The summed E-state index contributed by atoms with van der Waals surface area (Å²) >= 11 is 3.35. The van der Waals surface area contributed by atoms with E-state index in [4.69, 9.17) is 24.7 Å². The van der Waals surface area contributed by atoms with E-state index in [0.717, 1.165) is 10.0 Å². The molecule has 1 heterocycles. The van der Waals surface area contributed by atoms with Crippen molar-refractivity contribution in [2.75, 3.05) is 6.61 Å². The number of hydrogen-bond acceptors (Lipinski definition) is 7. The lowest BCUT2D eigenvalue weighted by Gasteiger charge is -2.27. The Balaban J connectivity index is 1.37. The molecule has 0 radical (unpaired) electrons. The predicted octanol–water partition coefficient (Wildman–Crippen LogP) is 6.44. The number of nitriles is 1. The van der Waals surface area contributed by atoms with E-state index < -0.39 is 11.9 Å². The number of carbonyl (C=O) groups excluding carboxylic acids is 1. The topological polar surface area (TPSA) is 104 Å². The van der Waals surface area contributed by atoms with E-state index in [1.165, 1.54) is 0 Å². The summed E-state index contributed by atoms with van der Waals surface area (Å²) < 4.78 is 23.6. The van der Waals surface area contributed by atoms with Crippen LogP contribution in [0, 0.1) is 11.3 Å². The van der Waals surface area contributed by atoms with Crippen LogP contribution in [0.1, 0.15) is 17.0 Å². The standard InChI is InChI=1S/C30H21BrN2O5/c31-20-9-11-21(12-10-20)35-18-28(34)37-24-13-14-25-27(16-24)38-30(33)26(17-32)29(25)19-5-4-8-23(15-19)36-22-6-2-1-3-7-22/h1-16,29H,18,33H2. The van der Waals surface area contributed by atoms with Crippen LogP contribution in [0.5, 0.6) is 28.7 Å². The van der Waals surface area contributed by atoms with E-state index in [1.54, 1.807) is 30.3 Å². The zero-order valence-electron chi connectivity index (χ0n) is 20.0. The van der Waals surface area contributed by atoms with E-state index >= 15 is 0 Å². The molecule has 8 heteroatoms. The Labute approximate surface area is 227 Å². The highest BCUT2D eigenvalue weighted by atomic mass is 79.9. The fourth-order valence-electron chi connectivity index (χ4n) is 4.06. The van der Waals surface area contributed by atoms with Gasteiger partial charge in [0.15, 0.2) is 6.61 Å². The summed E-state index contributed by atoms with van der Waals surface area (Å²) in [7, 11) is 0. The van der Waals surface area contributed by atoms with Gasteiger partial charge >= 0.3 is 5.97 Å². The molecule has 1 unspecified atom stereocenters. The summed E-state index contributed by atoms with van der Waals surface area (Å²) in [5.74, 6) is 1.43. The number of hydrogen-bond donors (Lipinski definition) is 1. The monoisotopic (exact) mass is 568 g/mol. The number of benzene rings is 4. The summed E-state index contributed by atoms with van der Waals surface area (Å²) in [5, 5.41) is 9.88. The van der Waals surface area contributed by atoms with Gasteiger partial charge in [-0.1, -0.05) is 52.3 Å². The minimum Gasteiger partial charge on any atom is -0.482 e. The van der Waals surface area contributed by atoms with Crippen LogP contribution < -0.4 is 24.7 Å². The van der Waals surface area contributed by atoms with Crippen molar-refractivity contribution in [1.82, 2.24) is 0 Å². The molecule has 188 valence electrons. The second-order valence-electron chi connectivity index (χ2n) is 8.33. The minimum absolute atomic E-state index is 0.0126. The van der Waals surface area contributed by atoms with Gasteiger partial charge in [0.05, 0.1) is 5.92 Å². The molecular formula is C30H21BrN2O5. The van der Waals surface area contributed by atoms with Crippen LogP contribution in [0.15, 0.2) is 113 Å². The van der Waals surface area contributed by atoms with Gasteiger partial charge in [-0.15, -0.1) is 0 Å². The minimum atomic E-state index is -0.577. The number of halogens is 1. The molecular weight excluding hydrogens is 548 g/mol. The Bertz CT molecular complexity index is 1550. The molecule has 0 aromatic heterocycles. The maximum absolute atomic E-state index is 12.4. The number of nitrogens with zero attached hydrogens (tertiary/aromatic N) is 1. The molecule has 4 aromatic carbocycles. The average Bonchev–Trinajstić information content (AvgIpc) is 2.92. The third-order valence-electron chi connectivity index (χ3n) is 5.76. The fraction of sp³-hybridized carbons (Fsp3) is 0.0667. The van der Waals surface area contributed by atoms with Crippen molar-refractivity contribution in [3.05, 3.63) is 124 Å². The number of allylic oxidation sites excluding steroid dienone is 1. The van der Waals surface area contributed by atoms with E-state index in [2.05, 4.69) is 22.0 Å². The molecule has 1 aliphatic heterocycles. The second-order valence-corrected chi connectivity index (χ2v) is 9.24. The highest BCUT2D eigenvalue weighted by Crippen LogP contribution is 2.44. The number of para-hydroxylation sites is 1. The molecule has 1 atom stereocenters. The van der Waals surface area contributed by atoms with Crippen LogP contribution in [0.25, 0.3) is 0 Å². The zero-order chi connectivity index (χ0) is 26.5. The number of fused-ring (bicyclic) bond motifs is 1. The third kappa shape index (κ3) is 5.64. The lowest BCUT2D eigenvalue weighted by atomic mass is 9.83. The molecule has 38 heavy (non-hydrogen) atoms. The number of esters is 1. The van der Waals surface area contributed by atoms with Crippen molar-refractivity contribution in [3.8, 4) is 34.8 Å². The Hall–Kier alpha value is -4.74. The van der Waals surface area contributed by atoms with Crippen LogP contribution in [0.4, 0.5) is 0 Å². The van der Waals surface area contributed by atoms with Gasteiger partial charge in [0, 0.05) is 16.1 Å². The zero-order valence-corrected chi connectivity index (χ0v) is 21.6. The first-order valence-corrected chi connectivity index (χ1v) is 12.4. The van der Waals surface area contributed by atoms with Crippen molar-refractivity contribution in [2.24, 2.45) is 5.73 Å². The second kappa shape index (κ2) is 11.1. The van der Waals surface area contributed by atoms with Crippen LogP contribution in [0.2, 0.25) is 0 Å². The summed E-state index contributed by atoms with van der Waals surface area (Å²) in [5.41, 5.74) is 7.93. The Kier molecular flexibility index (Phi) is 7.29. The van der Waals surface area contributed by atoms with E-state index in [9.17, 15) is 10.1 Å². The molecule has 1 aliphatic rings. The van der Waals surface area contributed by atoms with Crippen molar-refractivity contribution >= 4 is 21.9 Å². The summed E-state index contributed by atoms with van der Waals surface area (Å²) in [4.78, 5) is 12.4. The van der Waals surface area contributed by atoms with Gasteiger partial charge in [-0.25, -0.2) is 4.79 Å². The maximum Gasteiger partial charge on any atom is 0.349 e. The van der Waals surface area contributed by atoms with Gasteiger partial charge in [-0.3, -0.25) is 0 Å². The summed E-state index contributed by atoms with van der Waals surface area (Å²) in [6.45, 7) is -0.267. The van der Waals surface area contributed by atoms with Gasteiger partial charge in [0.25, 0.3) is 0 Å². The largest absolute Gasteiger partial charge is 0.482 e. The van der Waals surface area contributed by atoms with E-state index in [1.807, 2.05) is 66.7 Å². The molecule has 0 bridgehead atoms. The van der Waals surface area contributed by atoms with Gasteiger partial charge in [0.1, 0.15) is 40.4 Å². The summed E-state index contributed by atoms with van der Waals surface area (Å²) in [6.07, 6.45) is 0. The predicted molar refractivity (Wildman–Crippen MR) is 144 cm³/mol. The first-order chi connectivity index (χ1) is 18.5. The highest BCUT2D eigenvalue weighted by Gasteiger charge is 2.31. The van der Waals surface area contributed by atoms with Gasteiger partial charge in [-0.05, 0) is 60.2 Å². The van der Waals surface area contributed by atoms with Crippen LogP contribution in [-0.2, 0) is 4.79 Å². The Morgan fingerprint density at radius 3 is 2.39 bits per heavy atom. The van der Waals surface area contributed by atoms with Crippen molar-refractivity contribution in [3.63, 3.8) is 0 Å². The fourth-order valence-corrected chi connectivity index (χ4v) is 4.32. The molecule has 2 N–H and O–H groups in total. The number of carbonyl (C=O) groups is 1. The number of ether oxygens (including phenoxy) is 4.